The summed E-state index contributed by atoms with van der Waals surface area (Å²) in [7, 11) is 1.62. The fourth-order valence-electron chi connectivity index (χ4n) is 3.67. The van der Waals surface area contributed by atoms with Crippen molar-refractivity contribution in [3.8, 4) is 0 Å². The molecule has 0 aromatic heterocycles. The molecule has 28 heavy (non-hydrogen) atoms. The molecule has 0 aliphatic carbocycles. The Kier molecular flexibility index (Phi) is 6.01. The first-order valence-electron chi connectivity index (χ1n) is 8.98. The molecule has 1 saturated heterocycles. The lowest BCUT2D eigenvalue weighted by Crippen LogP contribution is -2.48. The molecule has 2 aromatic rings. The molecule has 2 aromatic carbocycles. The van der Waals surface area contributed by atoms with E-state index >= 15 is 0 Å². The molecule has 0 spiro atoms. The van der Waals surface area contributed by atoms with Gasteiger partial charge >= 0.3 is 6.18 Å². The lowest BCUT2D eigenvalue weighted by Gasteiger charge is -2.39. The predicted octanol–water partition coefficient (Wildman–Crippen LogP) is 5.07. The first-order chi connectivity index (χ1) is 13.2. The zero-order valence-corrected chi connectivity index (χ0v) is 16.2. The van der Waals surface area contributed by atoms with Crippen LogP contribution in [0.25, 0.3) is 0 Å². The third-order valence-corrected chi connectivity index (χ3v) is 5.43. The predicted molar refractivity (Wildman–Crippen MR) is 101 cm³/mol. The van der Waals surface area contributed by atoms with Gasteiger partial charge in [0.2, 0.25) is 5.91 Å². The molecule has 0 N–H and O–H groups in total. The molecule has 0 bridgehead atoms. The molecular weight excluding hydrogens is 391 g/mol. The number of nitrogens with zero attached hydrogens (tertiary/aromatic N) is 1. The Bertz CT molecular complexity index is 830. The van der Waals surface area contributed by atoms with E-state index in [0.717, 1.165) is 17.7 Å². The van der Waals surface area contributed by atoms with Crippen molar-refractivity contribution in [2.75, 3.05) is 20.3 Å². The molecule has 1 aliphatic heterocycles. The number of hydrogen-bond donors (Lipinski definition) is 0. The highest BCUT2D eigenvalue weighted by Gasteiger charge is 2.43. The van der Waals surface area contributed by atoms with Gasteiger partial charge in [-0.3, -0.25) is 4.79 Å². The first-order valence-corrected chi connectivity index (χ1v) is 9.36. The van der Waals surface area contributed by atoms with Crippen molar-refractivity contribution in [1.29, 1.82) is 0 Å². The summed E-state index contributed by atoms with van der Waals surface area (Å²) >= 11 is 5.99. The van der Waals surface area contributed by atoms with Crippen LogP contribution in [-0.2, 0) is 27.7 Å². The van der Waals surface area contributed by atoms with Gasteiger partial charge in [0.15, 0.2) is 0 Å². The van der Waals surface area contributed by atoms with Crippen molar-refractivity contribution in [2.24, 2.45) is 0 Å². The Morgan fingerprint density at radius 3 is 2.39 bits per heavy atom. The highest BCUT2D eigenvalue weighted by Crippen LogP contribution is 2.37. The Labute approximate surface area is 167 Å². The number of halogens is 4. The van der Waals surface area contributed by atoms with Crippen LogP contribution in [0, 0.1) is 0 Å². The second-order valence-electron chi connectivity index (χ2n) is 7.06. The minimum Gasteiger partial charge on any atom is -0.381 e. The van der Waals surface area contributed by atoms with E-state index in [1.54, 1.807) is 25.2 Å². The Morgan fingerprint density at radius 2 is 1.79 bits per heavy atom. The normalized spacial score (nSPS) is 16.6. The fraction of sp³-hybridized carbons (Fsp3) is 0.381. The van der Waals surface area contributed by atoms with Gasteiger partial charge in [-0.15, -0.1) is 0 Å². The van der Waals surface area contributed by atoms with Crippen molar-refractivity contribution < 1.29 is 22.7 Å². The number of ether oxygens (including phenoxy) is 1. The van der Waals surface area contributed by atoms with Crippen LogP contribution in [0.15, 0.2) is 48.5 Å². The van der Waals surface area contributed by atoms with E-state index in [0.29, 0.717) is 36.6 Å². The monoisotopic (exact) mass is 411 g/mol. The molecular formula is C21H21ClF3NO2. The van der Waals surface area contributed by atoms with Crippen LogP contribution in [0.3, 0.4) is 0 Å². The quantitative estimate of drug-likeness (QED) is 0.703. The van der Waals surface area contributed by atoms with Gasteiger partial charge in [-0.2, -0.15) is 13.2 Å². The van der Waals surface area contributed by atoms with E-state index in [1.165, 1.54) is 11.0 Å². The van der Waals surface area contributed by atoms with Crippen LogP contribution < -0.4 is 0 Å². The molecule has 1 amide bonds. The van der Waals surface area contributed by atoms with Crippen LogP contribution in [0.2, 0.25) is 5.02 Å². The molecule has 0 saturated carbocycles. The molecule has 1 heterocycles. The summed E-state index contributed by atoms with van der Waals surface area (Å²) in [6.07, 6.45) is -3.38. The number of amides is 1. The van der Waals surface area contributed by atoms with Crippen LogP contribution in [0.4, 0.5) is 13.2 Å². The summed E-state index contributed by atoms with van der Waals surface area (Å²) in [5.74, 6) is -0.129. The van der Waals surface area contributed by atoms with E-state index in [4.69, 9.17) is 16.3 Å². The summed E-state index contributed by atoms with van der Waals surface area (Å²) in [6, 6.07) is 12.2. The lowest BCUT2D eigenvalue weighted by molar-refractivity contribution is -0.140. The van der Waals surface area contributed by atoms with Crippen LogP contribution in [0.1, 0.15) is 29.5 Å². The number of rotatable bonds is 4. The standard InChI is InChI=1S/C21H21ClF3NO2/c1-26(14-15-3-2-4-17(13-15)21(23,24)25)19(27)20(9-11-28-12-10-20)16-5-7-18(22)8-6-16/h2-8,13H,9-12,14H2,1H3. The Hall–Kier alpha value is -2.05. The molecule has 1 fully saturated rings. The van der Waals surface area contributed by atoms with Crippen molar-refractivity contribution in [3.63, 3.8) is 0 Å². The largest absolute Gasteiger partial charge is 0.416 e. The summed E-state index contributed by atoms with van der Waals surface area (Å²) in [5, 5.41) is 0.579. The summed E-state index contributed by atoms with van der Waals surface area (Å²) in [5.41, 5.74) is -0.200. The van der Waals surface area contributed by atoms with Crippen molar-refractivity contribution in [2.45, 2.75) is 31.0 Å². The maximum atomic E-state index is 13.4. The van der Waals surface area contributed by atoms with Gasteiger partial charge in [0.1, 0.15) is 0 Å². The van der Waals surface area contributed by atoms with E-state index in [9.17, 15) is 18.0 Å². The minimum atomic E-state index is -4.41. The second kappa shape index (κ2) is 8.13. The minimum absolute atomic E-state index is 0.0962. The van der Waals surface area contributed by atoms with Gasteiger partial charge in [-0.05, 0) is 48.2 Å². The average Bonchev–Trinajstić information content (AvgIpc) is 2.68. The van der Waals surface area contributed by atoms with E-state index in [1.807, 2.05) is 12.1 Å². The third kappa shape index (κ3) is 4.33. The van der Waals surface area contributed by atoms with Crippen molar-refractivity contribution in [1.82, 2.24) is 4.90 Å². The van der Waals surface area contributed by atoms with Gasteiger partial charge in [0, 0.05) is 31.8 Å². The lowest BCUT2D eigenvalue weighted by atomic mass is 9.73. The van der Waals surface area contributed by atoms with Crippen LogP contribution in [0.5, 0.6) is 0 Å². The fourth-order valence-corrected chi connectivity index (χ4v) is 3.80. The van der Waals surface area contributed by atoms with Gasteiger partial charge in [0.25, 0.3) is 0 Å². The molecule has 1 aliphatic rings. The van der Waals surface area contributed by atoms with E-state index < -0.39 is 17.2 Å². The molecule has 3 nitrogen and oxygen atoms in total. The molecule has 7 heteroatoms. The van der Waals surface area contributed by atoms with Gasteiger partial charge < -0.3 is 9.64 Å². The van der Waals surface area contributed by atoms with Crippen molar-refractivity contribution >= 4 is 17.5 Å². The zero-order valence-electron chi connectivity index (χ0n) is 15.4. The number of carbonyl (C=O) groups excluding carboxylic acids is 1. The van der Waals surface area contributed by atoms with Gasteiger partial charge in [0.05, 0.1) is 11.0 Å². The first kappa shape index (κ1) is 20.7. The number of carbonyl (C=O) groups is 1. The van der Waals surface area contributed by atoms with E-state index in [-0.39, 0.29) is 12.5 Å². The summed E-state index contributed by atoms with van der Waals surface area (Å²) in [6.45, 7) is 0.997. The van der Waals surface area contributed by atoms with Gasteiger partial charge in [-0.1, -0.05) is 35.9 Å². The smallest absolute Gasteiger partial charge is 0.381 e. The van der Waals surface area contributed by atoms with Crippen LogP contribution in [-0.4, -0.2) is 31.1 Å². The number of alkyl halides is 3. The second-order valence-corrected chi connectivity index (χ2v) is 7.50. The molecule has 150 valence electrons. The molecule has 3 rings (SSSR count). The SMILES string of the molecule is CN(Cc1cccc(C(F)(F)F)c1)C(=O)C1(c2ccc(Cl)cc2)CCOCC1. The average molecular weight is 412 g/mol. The Morgan fingerprint density at radius 1 is 1.14 bits per heavy atom. The number of benzene rings is 2. The zero-order chi connectivity index (χ0) is 20.4. The summed E-state index contributed by atoms with van der Waals surface area (Å²) in [4.78, 5) is 14.9. The van der Waals surface area contributed by atoms with Crippen LogP contribution >= 0.6 is 11.6 Å². The molecule has 0 radical (unpaired) electrons. The third-order valence-electron chi connectivity index (χ3n) is 5.17. The topological polar surface area (TPSA) is 29.5 Å². The highest BCUT2D eigenvalue weighted by molar-refractivity contribution is 6.30. The maximum Gasteiger partial charge on any atom is 0.416 e. The Balaban J connectivity index is 1.86. The van der Waals surface area contributed by atoms with Gasteiger partial charge in [-0.25, -0.2) is 0 Å². The molecule has 0 atom stereocenters. The van der Waals surface area contributed by atoms with Crippen molar-refractivity contribution in [3.05, 3.63) is 70.2 Å². The van der Waals surface area contributed by atoms with E-state index in [2.05, 4.69) is 0 Å². The number of likely N-dealkylation sites (N-methyl/N-ethyl adjacent to an activating group) is 1. The summed E-state index contributed by atoms with van der Waals surface area (Å²) < 4.78 is 44.3. The molecule has 0 unspecified atom stereocenters. The number of hydrogen-bond acceptors (Lipinski definition) is 2. The maximum absolute atomic E-state index is 13.4. The highest BCUT2D eigenvalue weighted by atomic mass is 35.5.